The van der Waals surface area contributed by atoms with Crippen LogP contribution in [0, 0.1) is 0 Å². The second kappa shape index (κ2) is 35.8. The van der Waals surface area contributed by atoms with Crippen molar-refractivity contribution in [3.63, 3.8) is 0 Å². The van der Waals surface area contributed by atoms with Crippen LogP contribution in [0.5, 0.6) is 0 Å². The summed E-state index contributed by atoms with van der Waals surface area (Å²) in [4.78, 5) is 33.7. The molecule has 0 saturated heterocycles. The number of phosphoric acid groups is 1. The Morgan fingerprint density at radius 2 is 1.16 bits per heavy atom. The van der Waals surface area contributed by atoms with Crippen molar-refractivity contribution in [3.05, 3.63) is 48.6 Å². The van der Waals surface area contributed by atoms with Gasteiger partial charge in [-0.05, 0) is 70.6 Å². The van der Waals surface area contributed by atoms with E-state index in [9.17, 15) is 24.2 Å². The van der Waals surface area contributed by atoms with E-state index >= 15 is 0 Å². The second-order valence-corrected chi connectivity index (χ2v) is 14.0. The summed E-state index contributed by atoms with van der Waals surface area (Å²) in [5.74, 6) is -0.547. The number of aliphatic hydroxyl groups excluding tert-OH is 1. The molecule has 10 heteroatoms. The quantitative estimate of drug-likeness (QED) is 0.0256. The fourth-order valence-electron chi connectivity index (χ4n) is 4.86. The van der Waals surface area contributed by atoms with Gasteiger partial charge in [-0.1, -0.05) is 120 Å². The van der Waals surface area contributed by atoms with Gasteiger partial charge in [0.2, 0.25) is 5.91 Å². The molecule has 2 atom stereocenters. The normalized spacial score (nSPS) is 14.0. The van der Waals surface area contributed by atoms with E-state index in [4.69, 9.17) is 13.8 Å². The molecule has 0 heterocycles. The zero-order valence-electron chi connectivity index (χ0n) is 30.9. The molecule has 0 bridgehead atoms. The number of esters is 1. The molecule has 9 nitrogen and oxygen atoms in total. The van der Waals surface area contributed by atoms with Crippen molar-refractivity contribution in [2.24, 2.45) is 0 Å². The molecule has 0 aliphatic carbocycles. The predicted molar refractivity (Wildman–Crippen MR) is 201 cm³/mol. The molecular formula is C39H70NO8P. The molecule has 0 spiro atoms. The SMILES string of the molecule is CC/C=C\C/C=C\C/C=C\CCCCCCCC(=O)OCC(O)COP(=O)(O)OCCNC(=O)CCCCCCC/C=C\CCCCCC. The Kier molecular flexibility index (Phi) is 34.3. The van der Waals surface area contributed by atoms with E-state index < -0.39 is 26.5 Å². The minimum atomic E-state index is -4.42. The highest BCUT2D eigenvalue weighted by molar-refractivity contribution is 7.47. The molecule has 0 aromatic rings. The maximum atomic E-state index is 12.0. The third-order valence-corrected chi connectivity index (χ3v) is 8.73. The summed E-state index contributed by atoms with van der Waals surface area (Å²) in [7, 11) is -4.42. The first kappa shape index (κ1) is 47.0. The van der Waals surface area contributed by atoms with Crippen LogP contribution in [0.15, 0.2) is 48.6 Å². The van der Waals surface area contributed by atoms with Crippen molar-refractivity contribution >= 4 is 19.7 Å². The molecule has 0 aliphatic rings. The van der Waals surface area contributed by atoms with E-state index in [0.29, 0.717) is 12.8 Å². The van der Waals surface area contributed by atoms with Crippen LogP contribution in [0.3, 0.4) is 0 Å². The third-order valence-electron chi connectivity index (χ3n) is 7.74. The molecule has 0 fully saturated rings. The molecule has 0 rings (SSSR count). The van der Waals surface area contributed by atoms with Gasteiger partial charge in [-0.2, -0.15) is 0 Å². The number of amides is 1. The maximum Gasteiger partial charge on any atom is 0.472 e. The first-order valence-electron chi connectivity index (χ1n) is 19.1. The topological polar surface area (TPSA) is 131 Å². The number of aliphatic hydroxyl groups is 1. The van der Waals surface area contributed by atoms with E-state index in [0.717, 1.165) is 83.5 Å². The molecule has 284 valence electrons. The average molecular weight is 712 g/mol. The van der Waals surface area contributed by atoms with Crippen LogP contribution in [0.4, 0.5) is 0 Å². The van der Waals surface area contributed by atoms with Gasteiger partial charge in [-0.15, -0.1) is 0 Å². The van der Waals surface area contributed by atoms with E-state index in [1.54, 1.807) is 0 Å². The largest absolute Gasteiger partial charge is 0.472 e. The lowest BCUT2D eigenvalue weighted by molar-refractivity contribution is -0.147. The number of phosphoric ester groups is 1. The third kappa shape index (κ3) is 37.1. The van der Waals surface area contributed by atoms with Crippen molar-refractivity contribution in [2.45, 2.75) is 161 Å². The molecular weight excluding hydrogens is 641 g/mol. The fraction of sp³-hybridized carbons (Fsp3) is 0.744. The zero-order valence-corrected chi connectivity index (χ0v) is 31.8. The number of nitrogens with one attached hydrogen (secondary N) is 1. The van der Waals surface area contributed by atoms with Gasteiger partial charge < -0.3 is 20.1 Å². The van der Waals surface area contributed by atoms with E-state index in [2.05, 4.69) is 67.8 Å². The fourth-order valence-corrected chi connectivity index (χ4v) is 5.61. The van der Waals surface area contributed by atoms with E-state index in [1.165, 1.54) is 38.5 Å². The van der Waals surface area contributed by atoms with Gasteiger partial charge in [0.05, 0.1) is 13.2 Å². The molecule has 3 N–H and O–H groups in total. The standard InChI is InChI=1S/C39H70NO8P/c1-3-5-7-9-11-13-15-17-18-20-22-24-26-28-30-32-39(43)46-35-37(41)36-48-49(44,45)47-34-33-40-38(42)31-29-27-25-23-21-19-16-14-12-10-8-6-4-2/h5,7,11,13-14,16-18,37,41H,3-4,6,8-10,12,15,19-36H2,1-2H3,(H,40,42)(H,44,45)/b7-5-,13-11-,16-14-,18-17-. The zero-order chi connectivity index (χ0) is 36.1. The highest BCUT2D eigenvalue weighted by Gasteiger charge is 2.23. The molecule has 0 saturated carbocycles. The Morgan fingerprint density at radius 3 is 1.78 bits per heavy atom. The lowest BCUT2D eigenvalue weighted by atomic mass is 10.1. The monoisotopic (exact) mass is 711 g/mol. The van der Waals surface area contributed by atoms with Gasteiger partial charge in [0.15, 0.2) is 0 Å². The lowest BCUT2D eigenvalue weighted by Crippen LogP contribution is -2.27. The van der Waals surface area contributed by atoms with Crippen molar-refractivity contribution in [2.75, 3.05) is 26.4 Å². The van der Waals surface area contributed by atoms with E-state index in [-0.39, 0.29) is 32.1 Å². The van der Waals surface area contributed by atoms with Crippen molar-refractivity contribution in [3.8, 4) is 0 Å². The van der Waals surface area contributed by atoms with Gasteiger partial charge >= 0.3 is 13.8 Å². The number of allylic oxidation sites excluding steroid dienone is 8. The Hall–Kier alpha value is -2.03. The first-order valence-corrected chi connectivity index (χ1v) is 20.6. The van der Waals surface area contributed by atoms with Crippen LogP contribution in [0.25, 0.3) is 0 Å². The van der Waals surface area contributed by atoms with Crippen molar-refractivity contribution in [1.82, 2.24) is 5.32 Å². The van der Waals surface area contributed by atoms with Crippen LogP contribution < -0.4 is 5.32 Å². The van der Waals surface area contributed by atoms with Crippen LogP contribution in [0.1, 0.15) is 155 Å². The number of unbranched alkanes of at least 4 members (excludes halogenated alkanes) is 14. The number of hydrogen-bond acceptors (Lipinski definition) is 7. The minimum absolute atomic E-state index is 0.0736. The number of rotatable bonds is 35. The number of carbonyl (C=O) groups is 2. The molecule has 49 heavy (non-hydrogen) atoms. The Bertz CT molecular complexity index is 949. The molecule has 0 aromatic carbocycles. The molecule has 0 radical (unpaired) electrons. The molecule has 2 unspecified atom stereocenters. The highest BCUT2D eigenvalue weighted by Crippen LogP contribution is 2.42. The van der Waals surface area contributed by atoms with E-state index in [1.807, 2.05) is 0 Å². The summed E-state index contributed by atoms with van der Waals surface area (Å²) in [5.41, 5.74) is 0. The second-order valence-electron chi connectivity index (χ2n) is 12.5. The van der Waals surface area contributed by atoms with Crippen LogP contribution >= 0.6 is 7.82 Å². The predicted octanol–water partition coefficient (Wildman–Crippen LogP) is 9.99. The molecule has 0 aliphatic heterocycles. The lowest BCUT2D eigenvalue weighted by Gasteiger charge is -2.15. The smallest absolute Gasteiger partial charge is 0.463 e. The summed E-state index contributed by atoms with van der Waals surface area (Å²) in [5, 5.41) is 12.6. The van der Waals surface area contributed by atoms with Crippen LogP contribution in [0.2, 0.25) is 0 Å². The Labute approximate surface area is 298 Å². The molecule has 0 aromatic heterocycles. The van der Waals surface area contributed by atoms with Gasteiger partial charge in [0.25, 0.3) is 0 Å². The Balaban J connectivity index is 3.67. The highest BCUT2D eigenvalue weighted by atomic mass is 31.2. The van der Waals surface area contributed by atoms with Gasteiger partial charge in [0, 0.05) is 19.4 Å². The first-order chi connectivity index (χ1) is 23.8. The maximum absolute atomic E-state index is 12.0. The minimum Gasteiger partial charge on any atom is -0.463 e. The number of hydrogen-bond donors (Lipinski definition) is 3. The van der Waals surface area contributed by atoms with Crippen molar-refractivity contribution in [1.29, 1.82) is 0 Å². The van der Waals surface area contributed by atoms with Crippen LogP contribution in [-0.2, 0) is 27.9 Å². The number of ether oxygens (including phenoxy) is 1. The van der Waals surface area contributed by atoms with Gasteiger partial charge in [-0.3, -0.25) is 18.6 Å². The average Bonchev–Trinajstić information content (AvgIpc) is 3.08. The van der Waals surface area contributed by atoms with Crippen LogP contribution in [-0.4, -0.2) is 54.3 Å². The number of carbonyl (C=O) groups excluding carboxylic acids is 2. The summed E-state index contributed by atoms with van der Waals surface area (Å²) < 4.78 is 26.7. The van der Waals surface area contributed by atoms with Gasteiger partial charge in [0.1, 0.15) is 12.7 Å². The molecule has 1 amide bonds. The summed E-state index contributed by atoms with van der Waals surface area (Å²) in [6.07, 6.45) is 38.9. The van der Waals surface area contributed by atoms with Crippen molar-refractivity contribution < 1.29 is 37.9 Å². The summed E-state index contributed by atoms with van der Waals surface area (Å²) >= 11 is 0. The Morgan fingerprint density at radius 1 is 0.653 bits per heavy atom. The summed E-state index contributed by atoms with van der Waals surface area (Å²) in [6, 6.07) is 0. The van der Waals surface area contributed by atoms with Gasteiger partial charge in [-0.25, -0.2) is 4.57 Å². The summed E-state index contributed by atoms with van der Waals surface area (Å²) in [6.45, 7) is 3.37.